The molecule has 20 heavy (non-hydrogen) atoms. The Hall–Kier alpha value is -1.72. The van der Waals surface area contributed by atoms with Crippen LogP contribution in [0, 0.1) is 0 Å². The molecule has 0 aliphatic heterocycles. The number of methoxy groups -OCH3 is 1. The molecule has 2 aromatic rings. The van der Waals surface area contributed by atoms with Gasteiger partial charge in [-0.2, -0.15) is 4.98 Å². The maximum absolute atomic E-state index is 5.91. The van der Waals surface area contributed by atoms with Gasteiger partial charge in [0.1, 0.15) is 0 Å². The van der Waals surface area contributed by atoms with Crippen LogP contribution in [0.5, 0.6) is 0 Å². The van der Waals surface area contributed by atoms with Crippen LogP contribution in [0.2, 0.25) is 0 Å². The number of ether oxygens (including phenoxy) is 1. The number of nitrogens with zero attached hydrogens (tertiary/aromatic N) is 2. The predicted molar refractivity (Wildman–Crippen MR) is 74.3 cm³/mol. The van der Waals surface area contributed by atoms with E-state index in [9.17, 15) is 0 Å². The highest BCUT2D eigenvalue weighted by atomic mass is 16.5. The van der Waals surface area contributed by atoms with E-state index in [2.05, 4.69) is 22.3 Å². The lowest BCUT2D eigenvalue weighted by atomic mass is 9.95. The van der Waals surface area contributed by atoms with Gasteiger partial charge in [0.05, 0.1) is 12.0 Å². The molecule has 1 unspecified atom stereocenters. The lowest BCUT2D eigenvalue weighted by Crippen LogP contribution is -2.28. The molecular weight excluding hydrogens is 254 g/mol. The smallest absolute Gasteiger partial charge is 0.228 e. The summed E-state index contributed by atoms with van der Waals surface area (Å²) in [7, 11) is 1.63. The topological polar surface area (TPSA) is 74.2 Å². The first-order valence-corrected chi connectivity index (χ1v) is 6.88. The number of hydrogen-bond acceptors (Lipinski definition) is 5. The fraction of sp³-hybridized carbons (Fsp3) is 0.467. The summed E-state index contributed by atoms with van der Waals surface area (Å²) in [5.41, 5.74) is 7.12. The molecule has 5 heteroatoms. The first-order valence-electron chi connectivity index (χ1n) is 6.88. The van der Waals surface area contributed by atoms with E-state index in [4.69, 9.17) is 15.0 Å². The molecule has 1 aromatic carbocycles. The highest BCUT2D eigenvalue weighted by Gasteiger charge is 2.49. The van der Waals surface area contributed by atoms with E-state index in [0.29, 0.717) is 18.9 Å². The van der Waals surface area contributed by atoms with Crippen molar-refractivity contribution in [2.45, 2.75) is 30.7 Å². The molecule has 1 fully saturated rings. The van der Waals surface area contributed by atoms with Crippen LogP contribution < -0.4 is 5.73 Å². The van der Waals surface area contributed by atoms with Crippen molar-refractivity contribution in [3.05, 3.63) is 47.6 Å². The molecule has 106 valence electrons. The van der Waals surface area contributed by atoms with Gasteiger partial charge in [-0.3, -0.25) is 0 Å². The third-order valence-corrected chi connectivity index (χ3v) is 3.79. The molecule has 1 saturated carbocycles. The Morgan fingerprint density at radius 2 is 2.10 bits per heavy atom. The van der Waals surface area contributed by atoms with E-state index in [1.54, 1.807) is 7.11 Å². The number of nitrogens with two attached hydrogens (primary N) is 1. The van der Waals surface area contributed by atoms with E-state index in [0.717, 1.165) is 18.7 Å². The van der Waals surface area contributed by atoms with Crippen LogP contribution in [0.3, 0.4) is 0 Å². The molecule has 3 rings (SSSR count). The molecule has 1 aliphatic rings. The number of rotatable bonds is 6. The lowest BCUT2D eigenvalue weighted by Gasteiger charge is -2.10. The second-order valence-electron chi connectivity index (χ2n) is 5.38. The van der Waals surface area contributed by atoms with Gasteiger partial charge >= 0.3 is 0 Å². The standard InChI is InChI=1S/C15H19N3O2/c1-19-10-12(16)9-13-17-14(18-20-13)15(7-8-15)11-5-3-2-4-6-11/h2-6,12H,7-10,16H2,1H3. The Kier molecular flexibility index (Phi) is 3.54. The van der Waals surface area contributed by atoms with Gasteiger partial charge < -0.3 is 15.0 Å². The van der Waals surface area contributed by atoms with E-state index in [1.165, 1.54) is 5.56 Å². The van der Waals surface area contributed by atoms with Gasteiger partial charge in [0.15, 0.2) is 5.82 Å². The van der Waals surface area contributed by atoms with Crippen molar-refractivity contribution in [2.75, 3.05) is 13.7 Å². The molecule has 1 aromatic heterocycles. The second kappa shape index (κ2) is 5.34. The molecule has 0 saturated heterocycles. The summed E-state index contributed by atoms with van der Waals surface area (Å²) < 4.78 is 10.3. The molecule has 5 nitrogen and oxygen atoms in total. The van der Waals surface area contributed by atoms with Crippen LogP contribution in [0.1, 0.15) is 30.1 Å². The average Bonchev–Trinajstić information content (AvgIpc) is 3.15. The fourth-order valence-corrected chi connectivity index (χ4v) is 2.55. The quantitative estimate of drug-likeness (QED) is 0.866. The van der Waals surface area contributed by atoms with Crippen molar-refractivity contribution < 1.29 is 9.26 Å². The van der Waals surface area contributed by atoms with Gasteiger partial charge in [-0.05, 0) is 18.4 Å². The summed E-state index contributed by atoms with van der Waals surface area (Å²) in [6, 6.07) is 10.3. The monoisotopic (exact) mass is 273 g/mol. The Morgan fingerprint density at radius 1 is 1.35 bits per heavy atom. The molecule has 0 spiro atoms. The van der Waals surface area contributed by atoms with Crippen molar-refractivity contribution in [3.63, 3.8) is 0 Å². The van der Waals surface area contributed by atoms with Crippen LogP contribution >= 0.6 is 0 Å². The number of hydrogen-bond donors (Lipinski definition) is 1. The SMILES string of the molecule is COCC(N)Cc1nc(C2(c3ccccc3)CC2)no1. The van der Waals surface area contributed by atoms with Crippen LogP contribution in [0.15, 0.2) is 34.9 Å². The zero-order valence-electron chi connectivity index (χ0n) is 11.6. The summed E-state index contributed by atoms with van der Waals surface area (Å²) in [5.74, 6) is 1.37. The molecule has 0 bridgehead atoms. The molecule has 1 atom stereocenters. The maximum Gasteiger partial charge on any atom is 0.228 e. The molecule has 1 aliphatic carbocycles. The number of benzene rings is 1. The Bertz CT molecular complexity index is 564. The normalized spacial score (nSPS) is 17.9. The van der Waals surface area contributed by atoms with Crippen LogP contribution in [-0.4, -0.2) is 29.9 Å². The summed E-state index contributed by atoms with van der Waals surface area (Å²) in [4.78, 5) is 4.53. The first-order chi connectivity index (χ1) is 9.74. The van der Waals surface area contributed by atoms with Gasteiger partial charge in [-0.25, -0.2) is 0 Å². The van der Waals surface area contributed by atoms with Crippen molar-refractivity contribution in [3.8, 4) is 0 Å². The van der Waals surface area contributed by atoms with Gasteiger partial charge in [-0.1, -0.05) is 35.5 Å². The minimum atomic E-state index is -0.111. The number of aromatic nitrogens is 2. The van der Waals surface area contributed by atoms with Gasteiger partial charge in [0.2, 0.25) is 5.89 Å². The van der Waals surface area contributed by atoms with Crippen molar-refractivity contribution in [1.29, 1.82) is 0 Å². The van der Waals surface area contributed by atoms with E-state index in [1.807, 2.05) is 18.2 Å². The summed E-state index contributed by atoms with van der Waals surface area (Å²) in [6.07, 6.45) is 2.69. The largest absolute Gasteiger partial charge is 0.383 e. The van der Waals surface area contributed by atoms with Crippen LogP contribution in [-0.2, 0) is 16.6 Å². The highest BCUT2D eigenvalue weighted by Crippen LogP contribution is 2.52. The minimum absolute atomic E-state index is 0.0473. The van der Waals surface area contributed by atoms with Gasteiger partial charge in [-0.15, -0.1) is 0 Å². The maximum atomic E-state index is 5.91. The Morgan fingerprint density at radius 3 is 2.75 bits per heavy atom. The molecule has 0 radical (unpaired) electrons. The van der Waals surface area contributed by atoms with Crippen LogP contribution in [0.25, 0.3) is 0 Å². The molecule has 1 heterocycles. The summed E-state index contributed by atoms with van der Waals surface area (Å²) >= 11 is 0. The first kappa shape index (κ1) is 13.3. The highest BCUT2D eigenvalue weighted by molar-refractivity contribution is 5.38. The Labute approximate surface area is 118 Å². The van der Waals surface area contributed by atoms with Gasteiger partial charge in [0.25, 0.3) is 0 Å². The van der Waals surface area contributed by atoms with E-state index < -0.39 is 0 Å². The fourth-order valence-electron chi connectivity index (χ4n) is 2.55. The molecule has 0 amide bonds. The predicted octanol–water partition coefficient (Wildman–Crippen LogP) is 1.67. The summed E-state index contributed by atoms with van der Waals surface area (Å²) in [6.45, 7) is 0.488. The van der Waals surface area contributed by atoms with E-state index in [-0.39, 0.29) is 11.5 Å². The Balaban J connectivity index is 1.77. The average molecular weight is 273 g/mol. The van der Waals surface area contributed by atoms with Gasteiger partial charge in [0, 0.05) is 19.6 Å². The zero-order valence-corrected chi connectivity index (χ0v) is 11.6. The third kappa shape index (κ3) is 2.46. The van der Waals surface area contributed by atoms with Crippen molar-refractivity contribution in [1.82, 2.24) is 10.1 Å². The van der Waals surface area contributed by atoms with Crippen molar-refractivity contribution >= 4 is 0 Å². The lowest BCUT2D eigenvalue weighted by molar-refractivity contribution is 0.176. The van der Waals surface area contributed by atoms with Crippen LogP contribution in [0.4, 0.5) is 0 Å². The zero-order chi connectivity index (χ0) is 14.0. The molecule has 2 N–H and O–H groups in total. The summed E-state index contributed by atoms with van der Waals surface area (Å²) in [5, 5.41) is 4.16. The van der Waals surface area contributed by atoms with E-state index >= 15 is 0 Å². The molecular formula is C15H19N3O2. The second-order valence-corrected chi connectivity index (χ2v) is 5.38. The van der Waals surface area contributed by atoms with Crippen molar-refractivity contribution in [2.24, 2.45) is 5.73 Å². The minimum Gasteiger partial charge on any atom is -0.383 e. The third-order valence-electron chi connectivity index (χ3n) is 3.79.